The number of nitrogens with zero attached hydrogens (tertiary/aromatic N) is 2. The van der Waals surface area contributed by atoms with Gasteiger partial charge in [0, 0.05) is 7.05 Å². The molecule has 0 N–H and O–H groups in total. The Morgan fingerprint density at radius 2 is 2.22 bits per heavy atom. The molecule has 0 saturated carbocycles. The van der Waals surface area contributed by atoms with Crippen LogP contribution in [0.5, 0.6) is 0 Å². The van der Waals surface area contributed by atoms with Crippen LogP contribution in [-0.2, 0) is 4.74 Å². The molecular formula is C6H12N2O. The summed E-state index contributed by atoms with van der Waals surface area (Å²) in [7, 11) is 3.96. The molecule has 0 bridgehead atoms. The van der Waals surface area contributed by atoms with E-state index in [1.807, 2.05) is 19.0 Å². The van der Waals surface area contributed by atoms with Gasteiger partial charge in [-0.25, -0.2) is 0 Å². The first-order valence-electron chi connectivity index (χ1n) is 2.91. The molecular weight excluding hydrogens is 116 g/mol. The van der Waals surface area contributed by atoms with Crippen LogP contribution >= 0.6 is 0 Å². The highest BCUT2D eigenvalue weighted by atomic mass is 16.5. The summed E-state index contributed by atoms with van der Waals surface area (Å²) in [5.41, 5.74) is 0. The minimum Gasteiger partial charge on any atom is -0.464 e. The second kappa shape index (κ2) is 2.27. The van der Waals surface area contributed by atoms with Crippen LogP contribution < -0.4 is 0 Å². The molecule has 1 aliphatic rings. The first-order chi connectivity index (χ1) is 4.20. The van der Waals surface area contributed by atoms with Crippen LogP contribution in [0.4, 0.5) is 0 Å². The van der Waals surface area contributed by atoms with Crippen LogP contribution in [0.1, 0.15) is 0 Å². The van der Waals surface area contributed by atoms with E-state index in [9.17, 15) is 0 Å². The maximum atomic E-state index is 5.16. The van der Waals surface area contributed by atoms with Crippen molar-refractivity contribution in [1.29, 1.82) is 0 Å². The minimum absolute atomic E-state index is 0.656. The Kier molecular flexibility index (Phi) is 1.62. The van der Waals surface area contributed by atoms with Crippen molar-refractivity contribution in [3.8, 4) is 0 Å². The van der Waals surface area contributed by atoms with E-state index >= 15 is 0 Å². The molecule has 0 spiro atoms. The van der Waals surface area contributed by atoms with Gasteiger partial charge < -0.3 is 9.64 Å². The van der Waals surface area contributed by atoms with Crippen LogP contribution in [0.2, 0.25) is 0 Å². The van der Waals surface area contributed by atoms with E-state index in [0.29, 0.717) is 6.73 Å². The van der Waals surface area contributed by atoms with Gasteiger partial charge in [0.2, 0.25) is 0 Å². The fraction of sp³-hybridized carbons (Fsp3) is 0.667. The zero-order valence-electron chi connectivity index (χ0n) is 5.92. The molecule has 1 heterocycles. The van der Waals surface area contributed by atoms with Crippen molar-refractivity contribution in [3.63, 3.8) is 0 Å². The molecule has 0 aromatic heterocycles. The van der Waals surface area contributed by atoms with Crippen molar-refractivity contribution in [2.75, 3.05) is 27.5 Å². The molecule has 3 nitrogen and oxygen atoms in total. The average molecular weight is 128 g/mol. The molecule has 1 aliphatic heterocycles. The molecule has 0 amide bonds. The highest BCUT2D eigenvalue weighted by Crippen LogP contribution is 2.07. The largest absolute Gasteiger partial charge is 0.464 e. The Morgan fingerprint density at radius 3 is 2.67 bits per heavy atom. The molecule has 1 rings (SSSR count). The molecule has 52 valence electrons. The predicted molar refractivity (Wildman–Crippen MR) is 35.5 cm³/mol. The Bertz CT molecular complexity index is 124. The summed E-state index contributed by atoms with van der Waals surface area (Å²) in [5, 5.41) is 0. The van der Waals surface area contributed by atoms with Gasteiger partial charge in [-0.2, -0.15) is 0 Å². The molecule has 0 aromatic rings. The molecule has 3 heteroatoms. The maximum absolute atomic E-state index is 5.16. The van der Waals surface area contributed by atoms with Crippen LogP contribution in [0.25, 0.3) is 0 Å². The number of rotatable bonds is 0. The lowest BCUT2D eigenvalue weighted by atomic mass is 10.6. The molecule has 1 fully saturated rings. The third kappa shape index (κ3) is 1.36. The smallest absolute Gasteiger partial charge is 0.184 e. The summed E-state index contributed by atoms with van der Waals surface area (Å²) in [6.07, 6.45) is 0. The number of ether oxygens (including phenoxy) is 1. The number of hydrogen-bond donors (Lipinski definition) is 0. The van der Waals surface area contributed by atoms with Crippen molar-refractivity contribution in [1.82, 2.24) is 9.80 Å². The summed E-state index contributed by atoms with van der Waals surface area (Å²) < 4.78 is 5.16. The highest BCUT2D eigenvalue weighted by Gasteiger charge is 2.12. The van der Waals surface area contributed by atoms with E-state index < -0.39 is 0 Å². The first kappa shape index (κ1) is 6.42. The van der Waals surface area contributed by atoms with Gasteiger partial charge in [-0.1, -0.05) is 0 Å². The van der Waals surface area contributed by atoms with E-state index in [2.05, 4.69) is 11.5 Å². The quantitative estimate of drug-likeness (QED) is 0.465. The lowest BCUT2D eigenvalue weighted by molar-refractivity contribution is -0.0300. The Hall–Kier alpha value is -0.700. The lowest BCUT2D eigenvalue weighted by Crippen LogP contribution is -2.39. The van der Waals surface area contributed by atoms with E-state index in [0.717, 1.165) is 12.6 Å². The molecule has 0 aliphatic carbocycles. The second-order valence-corrected chi connectivity index (χ2v) is 2.36. The molecule has 1 saturated heterocycles. The van der Waals surface area contributed by atoms with Crippen molar-refractivity contribution < 1.29 is 4.74 Å². The van der Waals surface area contributed by atoms with Crippen LogP contribution in [0, 0.1) is 0 Å². The van der Waals surface area contributed by atoms with E-state index in [1.54, 1.807) is 0 Å². The summed E-state index contributed by atoms with van der Waals surface area (Å²) in [6.45, 7) is 5.26. The normalized spacial score (nSPS) is 22.0. The summed E-state index contributed by atoms with van der Waals surface area (Å²) in [4.78, 5) is 4.03. The SMILES string of the molecule is C=C1OCN(C)CN1C. The van der Waals surface area contributed by atoms with Gasteiger partial charge >= 0.3 is 0 Å². The fourth-order valence-electron chi connectivity index (χ4n) is 0.777. The van der Waals surface area contributed by atoms with Crippen molar-refractivity contribution in [2.24, 2.45) is 0 Å². The van der Waals surface area contributed by atoms with Crippen molar-refractivity contribution in [3.05, 3.63) is 12.5 Å². The molecule has 0 atom stereocenters. The summed E-state index contributed by atoms with van der Waals surface area (Å²) in [6, 6.07) is 0. The maximum Gasteiger partial charge on any atom is 0.184 e. The second-order valence-electron chi connectivity index (χ2n) is 2.36. The monoisotopic (exact) mass is 128 g/mol. The first-order valence-corrected chi connectivity index (χ1v) is 2.91. The average Bonchev–Trinajstić information content (AvgIpc) is 1.80. The van der Waals surface area contributed by atoms with E-state index in [4.69, 9.17) is 4.74 Å². The van der Waals surface area contributed by atoms with Crippen LogP contribution in [0.15, 0.2) is 12.5 Å². The standard InChI is InChI=1S/C6H12N2O/c1-6-8(3)4-7(2)5-9-6/h1,4-5H2,2-3H3. The third-order valence-corrected chi connectivity index (χ3v) is 1.33. The Balaban J connectivity index is 2.44. The predicted octanol–water partition coefficient (Wildman–Crippen LogP) is 0.266. The molecule has 0 unspecified atom stereocenters. The molecule has 9 heavy (non-hydrogen) atoms. The van der Waals surface area contributed by atoms with Gasteiger partial charge in [0.05, 0.1) is 6.67 Å². The molecule has 0 radical (unpaired) electrons. The van der Waals surface area contributed by atoms with Gasteiger partial charge in [0.25, 0.3) is 0 Å². The van der Waals surface area contributed by atoms with Gasteiger partial charge in [-0.3, -0.25) is 4.90 Å². The third-order valence-electron chi connectivity index (χ3n) is 1.33. The van der Waals surface area contributed by atoms with E-state index in [1.165, 1.54) is 0 Å². The van der Waals surface area contributed by atoms with Gasteiger partial charge in [0.1, 0.15) is 6.73 Å². The highest BCUT2D eigenvalue weighted by molar-refractivity contribution is 4.82. The van der Waals surface area contributed by atoms with E-state index in [-0.39, 0.29) is 0 Å². The zero-order valence-corrected chi connectivity index (χ0v) is 5.92. The van der Waals surface area contributed by atoms with Crippen LogP contribution in [0.3, 0.4) is 0 Å². The topological polar surface area (TPSA) is 15.7 Å². The minimum atomic E-state index is 0.656. The van der Waals surface area contributed by atoms with Gasteiger partial charge in [-0.05, 0) is 13.6 Å². The Morgan fingerprint density at radius 1 is 1.56 bits per heavy atom. The fourth-order valence-corrected chi connectivity index (χ4v) is 0.777. The number of hydrogen-bond acceptors (Lipinski definition) is 3. The van der Waals surface area contributed by atoms with Gasteiger partial charge in [0.15, 0.2) is 5.88 Å². The van der Waals surface area contributed by atoms with Crippen molar-refractivity contribution in [2.45, 2.75) is 0 Å². The van der Waals surface area contributed by atoms with Gasteiger partial charge in [-0.15, -0.1) is 0 Å². The summed E-state index contributed by atoms with van der Waals surface area (Å²) >= 11 is 0. The Labute approximate surface area is 55.5 Å². The summed E-state index contributed by atoms with van der Waals surface area (Å²) in [5.74, 6) is 0.758. The zero-order chi connectivity index (χ0) is 6.85. The lowest BCUT2D eigenvalue weighted by Gasteiger charge is -2.33. The van der Waals surface area contributed by atoms with Crippen LogP contribution in [-0.4, -0.2) is 37.3 Å². The van der Waals surface area contributed by atoms with Crippen molar-refractivity contribution >= 4 is 0 Å². The molecule has 0 aromatic carbocycles.